The summed E-state index contributed by atoms with van der Waals surface area (Å²) in [6, 6.07) is 12.6. The second kappa shape index (κ2) is 8.37. The Kier molecular flexibility index (Phi) is 5.92. The van der Waals surface area contributed by atoms with Crippen molar-refractivity contribution in [1.29, 1.82) is 5.26 Å². The number of nitro benzene ring substituents is 1. The van der Waals surface area contributed by atoms with Crippen molar-refractivity contribution in [3.05, 3.63) is 63.7 Å². The number of nitrogens with one attached hydrogen (secondary N) is 1. The molecule has 146 valence electrons. The Hall–Kier alpha value is -2.96. The molecule has 8 nitrogen and oxygen atoms in total. The molecule has 9 heteroatoms. The molecule has 0 amide bonds. The second-order valence-corrected chi connectivity index (χ2v) is 8.43. The number of sulfonamides is 1. The summed E-state index contributed by atoms with van der Waals surface area (Å²) >= 11 is 0. The van der Waals surface area contributed by atoms with E-state index < -0.39 is 14.9 Å². The minimum Gasteiger partial charge on any atom is -0.375 e. The number of hydrogen-bond acceptors (Lipinski definition) is 6. The molecule has 1 N–H and O–H groups in total. The first-order valence-electron chi connectivity index (χ1n) is 8.94. The van der Waals surface area contributed by atoms with Crippen LogP contribution in [-0.2, 0) is 16.6 Å². The maximum Gasteiger partial charge on any atom is 0.292 e. The Morgan fingerprint density at radius 3 is 2.54 bits per heavy atom. The van der Waals surface area contributed by atoms with Crippen LogP contribution in [0.3, 0.4) is 0 Å². The number of piperidine rings is 1. The van der Waals surface area contributed by atoms with Crippen LogP contribution in [0.15, 0.2) is 47.4 Å². The van der Waals surface area contributed by atoms with Crippen LogP contribution in [0.2, 0.25) is 0 Å². The predicted octanol–water partition coefficient (Wildman–Crippen LogP) is 3.25. The van der Waals surface area contributed by atoms with Crippen LogP contribution in [0.4, 0.5) is 11.4 Å². The summed E-state index contributed by atoms with van der Waals surface area (Å²) < 4.78 is 27.6. The van der Waals surface area contributed by atoms with E-state index in [1.54, 1.807) is 24.3 Å². The van der Waals surface area contributed by atoms with E-state index in [2.05, 4.69) is 5.32 Å². The summed E-state index contributed by atoms with van der Waals surface area (Å²) in [4.78, 5) is 10.9. The molecule has 3 rings (SSSR count). The van der Waals surface area contributed by atoms with Crippen LogP contribution >= 0.6 is 0 Å². The molecule has 2 aromatic rings. The van der Waals surface area contributed by atoms with Crippen molar-refractivity contribution >= 4 is 21.4 Å². The molecule has 0 unspecified atom stereocenters. The van der Waals surface area contributed by atoms with Crippen LogP contribution in [0, 0.1) is 21.4 Å². The van der Waals surface area contributed by atoms with Gasteiger partial charge in [0.1, 0.15) is 5.69 Å². The number of hydrogen-bond donors (Lipinski definition) is 1. The summed E-state index contributed by atoms with van der Waals surface area (Å²) in [7, 11) is -3.63. The molecule has 1 saturated heterocycles. The molecule has 0 bridgehead atoms. The lowest BCUT2D eigenvalue weighted by atomic mass is 10.1. The highest BCUT2D eigenvalue weighted by molar-refractivity contribution is 7.89. The molecule has 1 aliphatic heterocycles. The number of rotatable bonds is 6. The lowest BCUT2D eigenvalue weighted by molar-refractivity contribution is -0.384. The third kappa shape index (κ3) is 4.13. The van der Waals surface area contributed by atoms with E-state index in [4.69, 9.17) is 5.26 Å². The normalized spacial score (nSPS) is 15.0. The average Bonchev–Trinajstić information content (AvgIpc) is 2.72. The Bertz CT molecular complexity index is 1020. The van der Waals surface area contributed by atoms with Gasteiger partial charge in [0.2, 0.25) is 10.0 Å². The van der Waals surface area contributed by atoms with Gasteiger partial charge in [-0.1, -0.05) is 24.6 Å². The summed E-state index contributed by atoms with van der Waals surface area (Å²) in [5.41, 5.74) is 0.802. The predicted molar refractivity (Wildman–Crippen MR) is 104 cm³/mol. The van der Waals surface area contributed by atoms with Crippen LogP contribution < -0.4 is 5.32 Å². The fourth-order valence-electron chi connectivity index (χ4n) is 3.24. The lowest BCUT2D eigenvalue weighted by Crippen LogP contribution is -2.36. The van der Waals surface area contributed by atoms with Gasteiger partial charge < -0.3 is 5.32 Å². The van der Waals surface area contributed by atoms with Crippen LogP contribution in [0.25, 0.3) is 0 Å². The van der Waals surface area contributed by atoms with Crippen molar-refractivity contribution < 1.29 is 13.3 Å². The molecular formula is C19H20N4O4S. The maximum atomic E-state index is 13.0. The van der Waals surface area contributed by atoms with Gasteiger partial charge in [0.15, 0.2) is 0 Å². The van der Waals surface area contributed by atoms with Gasteiger partial charge in [-0.25, -0.2) is 8.42 Å². The molecule has 0 spiro atoms. The standard InChI is InChI=1S/C19H20N4O4S/c20-13-15-8-9-18(23(24)25)17(12-15)21-14-16-6-2-3-7-19(16)28(26,27)22-10-4-1-5-11-22/h2-3,6-9,12,21H,1,4-5,10-11,14H2. The smallest absolute Gasteiger partial charge is 0.292 e. The van der Waals surface area contributed by atoms with Crippen molar-refractivity contribution in [3.8, 4) is 6.07 Å². The van der Waals surface area contributed by atoms with E-state index in [0.29, 0.717) is 18.7 Å². The third-order valence-corrected chi connectivity index (χ3v) is 6.70. The zero-order chi connectivity index (χ0) is 20.1. The first kappa shape index (κ1) is 19.8. The Balaban J connectivity index is 1.89. The molecule has 0 aliphatic carbocycles. The van der Waals surface area contributed by atoms with Gasteiger partial charge in [-0.2, -0.15) is 9.57 Å². The number of anilines is 1. The van der Waals surface area contributed by atoms with E-state index in [9.17, 15) is 18.5 Å². The molecule has 0 aromatic heterocycles. The summed E-state index contributed by atoms with van der Waals surface area (Å²) in [6.07, 6.45) is 2.70. The van der Waals surface area contributed by atoms with Crippen molar-refractivity contribution in [2.45, 2.75) is 30.7 Å². The Morgan fingerprint density at radius 2 is 1.86 bits per heavy atom. The van der Waals surface area contributed by atoms with Crippen molar-refractivity contribution in [2.75, 3.05) is 18.4 Å². The number of nitriles is 1. The molecule has 0 atom stereocenters. The van der Waals surface area contributed by atoms with E-state index >= 15 is 0 Å². The average molecular weight is 400 g/mol. The van der Waals surface area contributed by atoms with Gasteiger partial charge in [-0.3, -0.25) is 10.1 Å². The molecule has 0 saturated carbocycles. The SMILES string of the molecule is N#Cc1ccc([N+](=O)[O-])c(NCc2ccccc2S(=O)(=O)N2CCCCC2)c1. The van der Waals surface area contributed by atoms with Crippen molar-refractivity contribution in [1.82, 2.24) is 4.31 Å². The van der Waals surface area contributed by atoms with E-state index in [0.717, 1.165) is 19.3 Å². The van der Waals surface area contributed by atoms with E-state index in [1.165, 1.54) is 22.5 Å². The van der Waals surface area contributed by atoms with Crippen molar-refractivity contribution in [2.24, 2.45) is 0 Å². The first-order chi connectivity index (χ1) is 13.4. The van der Waals surface area contributed by atoms with E-state index in [1.807, 2.05) is 6.07 Å². The maximum absolute atomic E-state index is 13.0. The van der Waals surface area contributed by atoms with Crippen LogP contribution in [0.1, 0.15) is 30.4 Å². The Labute approximate surface area is 163 Å². The van der Waals surface area contributed by atoms with Gasteiger partial charge in [-0.05, 0) is 36.6 Å². The first-order valence-corrected chi connectivity index (χ1v) is 10.4. The topological polar surface area (TPSA) is 116 Å². The summed E-state index contributed by atoms with van der Waals surface area (Å²) in [5, 5.41) is 23.2. The number of nitrogens with zero attached hydrogens (tertiary/aromatic N) is 3. The Morgan fingerprint density at radius 1 is 1.14 bits per heavy atom. The highest BCUT2D eigenvalue weighted by atomic mass is 32.2. The molecule has 1 fully saturated rings. The van der Waals surface area contributed by atoms with Gasteiger partial charge in [0.05, 0.1) is 21.5 Å². The zero-order valence-corrected chi connectivity index (χ0v) is 16.0. The molecule has 28 heavy (non-hydrogen) atoms. The summed E-state index contributed by atoms with van der Waals surface area (Å²) in [5.74, 6) is 0. The van der Waals surface area contributed by atoms with Crippen LogP contribution in [-0.4, -0.2) is 30.7 Å². The minimum atomic E-state index is -3.63. The highest BCUT2D eigenvalue weighted by Gasteiger charge is 2.28. The molecule has 1 aliphatic rings. The quantitative estimate of drug-likeness (QED) is 0.588. The zero-order valence-electron chi connectivity index (χ0n) is 15.2. The highest BCUT2D eigenvalue weighted by Crippen LogP contribution is 2.28. The monoisotopic (exact) mass is 400 g/mol. The van der Waals surface area contributed by atoms with E-state index in [-0.39, 0.29) is 28.4 Å². The molecule has 1 heterocycles. The second-order valence-electron chi connectivity index (χ2n) is 6.53. The summed E-state index contributed by atoms with van der Waals surface area (Å²) in [6.45, 7) is 1.08. The van der Waals surface area contributed by atoms with Crippen LogP contribution in [0.5, 0.6) is 0 Å². The minimum absolute atomic E-state index is 0.0823. The van der Waals surface area contributed by atoms with Gasteiger partial charge in [0, 0.05) is 25.7 Å². The third-order valence-electron chi connectivity index (χ3n) is 4.70. The van der Waals surface area contributed by atoms with Gasteiger partial charge in [-0.15, -0.1) is 0 Å². The fraction of sp³-hybridized carbons (Fsp3) is 0.316. The van der Waals surface area contributed by atoms with Gasteiger partial charge >= 0.3 is 0 Å². The molecule has 0 radical (unpaired) electrons. The van der Waals surface area contributed by atoms with Gasteiger partial charge in [0.25, 0.3) is 5.69 Å². The number of nitro groups is 1. The lowest BCUT2D eigenvalue weighted by Gasteiger charge is -2.27. The van der Waals surface area contributed by atoms with Crippen molar-refractivity contribution in [3.63, 3.8) is 0 Å². The molecular weight excluding hydrogens is 380 g/mol. The number of benzene rings is 2. The fourth-order valence-corrected chi connectivity index (χ4v) is 4.98. The largest absolute Gasteiger partial charge is 0.375 e. The molecule has 2 aromatic carbocycles.